The fourth-order valence-corrected chi connectivity index (χ4v) is 3.28. The molecule has 28 heavy (non-hydrogen) atoms. The minimum Gasteiger partial charge on any atom is -0.492 e. The molecule has 0 bridgehead atoms. The van der Waals surface area contributed by atoms with Crippen LogP contribution in [0.4, 0.5) is 0 Å². The van der Waals surface area contributed by atoms with Crippen LogP contribution < -0.4 is 4.74 Å². The second-order valence-corrected chi connectivity index (χ2v) is 7.44. The van der Waals surface area contributed by atoms with Crippen molar-refractivity contribution in [2.24, 2.45) is 0 Å². The van der Waals surface area contributed by atoms with Gasteiger partial charge in [0.25, 0.3) is 0 Å². The van der Waals surface area contributed by atoms with Crippen molar-refractivity contribution >= 4 is 7.91 Å². The van der Waals surface area contributed by atoms with Crippen LogP contribution in [-0.4, -0.2) is 35.9 Å². The zero-order chi connectivity index (χ0) is 20.2. The lowest BCUT2D eigenvalue weighted by Gasteiger charge is -2.32. The first kappa shape index (κ1) is 22.3. The second-order valence-electron chi connectivity index (χ2n) is 6.83. The van der Waals surface area contributed by atoms with Crippen molar-refractivity contribution in [1.82, 2.24) is 4.90 Å². The Morgan fingerprint density at radius 1 is 1.04 bits per heavy atom. The summed E-state index contributed by atoms with van der Waals surface area (Å²) in [7, 11) is -3.04. The van der Waals surface area contributed by atoms with E-state index in [2.05, 4.69) is 71.1 Å². The van der Waals surface area contributed by atoms with E-state index in [1.165, 1.54) is 43.5 Å². The first-order valence-electron chi connectivity index (χ1n) is 9.54. The van der Waals surface area contributed by atoms with E-state index in [-0.39, 0.29) is 1.43 Å². The van der Waals surface area contributed by atoms with Crippen LogP contribution >= 0.6 is 7.91 Å². The lowest BCUT2D eigenvalue weighted by atomic mass is 10.0. The smallest absolute Gasteiger partial charge is 0.492 e. The molecule has 1 unspecified atom stereocenters. The highest BCUT2D eigenvalue weighted by Crippen LogP contribution is 2.22. The maximum absolute atomic E-state index is 8.93. The maximum atomic E-state index is 8.93. The van der Waals surface area contributed by atoms with Crippen LogP contribution in [0.2, 0.25) is 0 Å². The van der Waals surface area contributed by atoms with Crippen molar-refractivity contribution < 1.29 is 25.2 Å². The summed E-state index contributed by atoms with van der Waals surface area (Å²) < 4.78 is 26.8. The Kier molecular flexibility index (Phi) is 9.94. The molecule has 0 aromatic heterocycles. The molecule has 0 radical (unpaired) electrons. The highest BCUT2D eigenvalue weighted by Gasteiger charge is 2.17. The predicted molar refractivity (Wildman–Crippen MR) is 110 cm³/mol. The van der Waals surface area contributed by atoms with Gasteiger partial charge in [0.1, 0.15) is 12.4 Å². The number of likely N-dealkylation sites (tertiary alicyclic amines) is 1. The normalized spacial score (nSPS) is 15.2. The predicted octanol–water partition coefficient (Wildman–Crippen LogP) is 5.34. The SMILES string of the molecule is CC(COc1ccccc1Cc1ccccc1)N1CCCCC1.O=P(=O)OO.[HH]. The molecule has 1 fully saturated rings. The van der Waals surface area contributed by atoms with E-state index in [0.29, 0.717) is 6.04 Å². The van der Waals surface area contributed by atoms with Gasteiger partial charge in [-0.3, -0.25) is 4.90 Å². The Bertz CT molecular complexity index is 759. The summed E-state index contributed by atoms with van der Waals surface area (Å²) in [4.78, 5) is 2.56. The van der Waals surface area contributed by atoms with E-state index < -0.39 is 7.91 Å². The van der Waals surface area contributed by atoms with Gasteiger partial charge < -0.3 is 4.74 Å². The van der Waals surface area contributed by atoms with Gasteiger partial charge in [-0.05, 0) is 50.0 Å². The molecule has 2 aromatic rings. The number of hydrogen-bond donors (Lipinski definition) is 1. The van der Waals surface area contributed by atoms with Crippen LogP contribution in [-0.2, 0) is 20.2 Å². The third-order valence-corrected chi connectivity index (χ3v) is 4.90. The van der Waals surface area contributed by atoms with Gasteiger partial charge in [-0.2, -0.15) is 0 Å². The maximum Gasteiger partial charge on any atom is 0.496 e. The number of nitrogens with zero attached hydrogens (tertiary/aromatic N) is 1. The third-order valence-electron chi connectivity index (χ3n) is 4.77. The van der Waals surface area contributed by atoms with Crippen LogP contribution in [0.3, 0.4) is 0 Å². The van der Waals surface area contributed by atoms with Crippen LogP contribution in [0.25, 0.3) is 0 Å². The van der Waals surface area contributed by atoms with E-state index in [1.807, 2.05) is 0 Å². The summed E-state index contributed by atoms with van der Waals surface area (Å²) in [5, 5.41) is 7.05. The van der Waals surface area contributed by atoms with E-state index in [0.717, 1.165) is 18.8 Å². The first-order chi connectivity index (χ1) is 13.6. The zero-order valence-electron chi connectivity index (χ0n) is 16.2. The molecule has 0 spiro atoms. The van der Waals surface area contributed by atoms with Crippen molar-refractivity contribution in [3.63, 3.8) is 0 Å². The Balaban J connectivity index is 0.000000628. The second kappa shape index (κ2) is 12.5. The number of para-hydroxylation sites is 1. The van der Waals surface area contributed by atoms with Gasteiger partial charge >= 0.3 is 7.91 Å². The van der Waals surface area contributed by atoms with Crippen molar-refractivity contribution in [1.29, 1.82) is 0 Å². The van der Waals surface area contributed by atoms with Crippen molar-refractivity contribution in [3.05, 3.63) is 65.7 Å². The summed E-state index contributed by atoms with van der Waals surface area (Å²) in [5.74, 6) is 1.03. The molecule has 1 atom stereocenters. The van der Waals surface area contributed by atoms with Gasteiger partial charge in [-0.25, -0.2) is 14.4 Å². The molecule has 0 saturated carbocycles. The zero-order valence-corrected chi connectivity index (χ0v) is 17.1. The third kappa shape index (κ3) is 7.95. The molecule has 0 amide bonds. The standard InChI is InChI=1S/C21H27NO.HO4P.H2/c1-18(22-14-8-3-9-15-22)17-23-21-13-7-6-12-20(21)16-19-10-4-2-5-11-19;1-4-5(2)3;/h2,4-7,10-13,18H,3,8-9,14-17H2,1H3;1H;1H. The Morgan fingerprint density at radius 2 is 1.64 bits per heavy atom. The molecule has 3 rings (SSSR count). The average molecular weight is 407 g/mol. The Hall–Kier alpha value is -1.98. The molecule has 154 valence electrons. The fourth-order valence-electron chi connectivity index (χ4n) is 3.28. The van der Waals surface area contributed by atoms with E-state index in [9.17, 15) is 0 Å². The lowest BCUT2D eigenvalue weighted by Crippen LogP contribution is -2.40. The highest BCUT2D eigenvalue weighted by molar-refractivity contribution is 7.24. The van der Waals surface area contributed by atoms with Gasteiger partial charge in [0.05, 0.1) is 0 Å². The summed E-state index contributed by atoms with van der Waals surface area (Å²) in [5.41, 5.74) is 2.59. The molecule has 1 heterocycles. The fraction of sp³-hybridized carbons (Fsp3) is 0.429. The molecule has 0 aliphatic carbocycles. The number of rotatable bonds is 7. The highest BCUT2D eigenvalue weighted by atomic mass is 31.1. The Morgan fingerprint density at radius 3 is 2.29 bits per heavy atom. The van der Waals surface area contributed by atoms with Crippen LogP contribution in [0.1, 0.15) is 38.7 Å². The molecule has 2 aromatic carbocycles. The number of benzene rings is 2. The summed E-state index contributed by atoms with van der Waals surface area (Å²) in [6, 6.07) is 19.5. The largest absolute Gasteiger partial charge is 0.496 e. The minimum atomic E-state index is -3.04. The van der Waals surface area contributed by atoms with Gasteiger partial charge in [0, 0.05) is 13.9 Å². The lowest BCUT2D eigenvalue weighted by molar-refractivity contribution is -0.132. The molecule has 1 aliphatic rings. The number of hydrogen-bond acceptors (Lipinski definition) is 6. The number of ether oxygens (including phenoxy) is 1. The first-order valence-corrected chi connectivity index (χ1v) is 10.6. The molecular weight excluding hydrogens is 377 g/mol. The van der Waals surface area contributed by atoms with E-state index in [4.69, 9.17) is 19.1 Å². The van der Waals surface area contributed by atoms with E-state index in [1.54, 1.807) is 0 Å². The van der Waals surface area contributed by atoms with Crippen molar-refractivity contribution in [3.8, 4) is 5.75 Å². The topological polar surface area (TPSA) is 76.1 Å². The molecule has 1 N–H and O–H groups in total. The Labute approximate surface area is 168 Å². The van der Waals surface area contributed by atoms with Crippen LogP contribution in [0, 0.1) is 0 Å². The minimum absolute atomic E-state index is 0. The average Bonchev–Trinajstić information content (AvgIpc) is 2.74. The summed E-state index contributed by atoms with van der Waals surface area (Å²) in [6.07, 6.45) is 4.96. The molecule has 1 saturated heterocycles. The van der Waals surface area contributed by atoms with Gasteiger partial charge in [-0.15, -0.1) is 4.67 Å². The van der Waals surface area contributed by atoms with E-state index >= 15 is 0 Å². The van der Waals surface area contributed by atoms with Gasteiger partial charge in [0.15, 0.2) is 0 Å². The van der Waals surface area contributed by atoms with Gasteiger partial charge in [0.2, 0.25) is 0 Å². The van der Waals surface area contributed by atoms with Crippen molar-refractivity contribution in [2.45, 2.75) is 38.6 Å². The monoisotopic (exact) mass is 407 g/mol. The van der Waals surface area contributed by atoms with Gasteiger partial charge in [-0.1, -0.05) is 55.0 Å². The molecule has 6 nitrogen and oxygen atoms in total. The van der Waals surface area contributed by atoms with Crippen LogP contribution in [0.5, 0.6) is 5.75 Å². The number of piperidine rings is 1. The summed E-state index contributed by atoms with van der Waals surface area (Å²) in [6.45, 7) is 5.49. The van der Waals surface area contributed by atoms with Crippen LogP contribution in [0.15, 0.2) is 54.6 Å². The molecular formula is C21H30NO5P. The van der Waals surface area contributed by atoms with Crippen molar-refractivity contribution in [2.75, 3.05) is 19.7 Å². The quantitative estimate of drug-likeness (QED) is 0.379. The molecule has 7 heteroatoms. The molecule has 1 aliphatic heterocycles. The summed E-state index contributed by atoms with van der Waals surface area (Å²) >= 11 is 0.